The van der Waals surface area contributed by atoms with Crippen LogP contribution in [0.1, 0.15) is 30.1 Å². The lowest BCUT2D eigenvalue weighted by atomic mass is 10.1. The summed E-state index contributed by atoms with van der Waals surface area (Å²) in [6.45, 7) is 2.02. The molecule has 78 valence electrons. The number of halogens is 1. The van der Waals surface area contributed by atoms with Crippen LogP contribution in [-0.2, 0) is 0 Å². The van der Waals surface area contributed by atoms with Gasteiger partial charge in [0.1, 0.15) is 0 Å². The molecule has 1 heterocycles. The van der Waals surface area contributed by atoms with E-state index < -0.39 is 0 Å². The quantitative estimate of drug-likeness (QED) is 0.839. The summed E-state index contributed by atoms with van der Waals surface area (Å²) in [6, 6.07) is 5.89. The average Bonchev–Trinajstić information content (AvgIpc) is 2.63. The molecule has 2 aromatic rings. The minimum Gasteiger partial charge on any atom is -0.360 e. The smallest absolute Gasteiger partial charge is 0.165 e. The topological polar surface area (TPSA) is 32.9 Å². The number of Topliss-reactive ketones (excluding diaryl/α,β-unsaturated/α-hetero) is 1. The lowest BCUT2D eigenvalue weighted by Gasteiger charge is -1.98. The fourth-order valence-electron chi connectivity index (χ4n) is 1.72. The van der Waals surface area contributed by atoms with Crippen LogP contribution in [0.3, 0.4) is 0 Å². The molecule has 0 unspecified atom stereocenters. The van der Waals surface area contributed by atoms with Gasteiger partial charge in [-0.05, 0) is 18.6 Å². The van der Waals surface area contributed by atoms with E-state index in [2.05, 4.69) is 20.9 Å². The molecule has 1 aromatic carbocycles. The molecule has 0 saturated carbocycles. The molecule has 0 atom stereocenters. The summed E-state index contributed by atoms with van der Waals surface area (Å²) >= 11 is 3.47. The van der Waals surface area contributed by atoms with Gasteiger partial charge >= 0.3 is 0 Å². The first-order chi connectivity index (χ1) is 7.24. The number of aromatic amines is 1. The maximum atomic E-state index is 11.8. The van der Waals surface area contributed by atoms with E-state index >= 15 is 0 Å². The second-order valence-corrected chi connectivity index (χ2v) is 4.39. The maximum Gasteiger partial charge on any atom is 0.165 e. The number of carbonyl (C=O) groups excluding carboxylic acids is 1. The van der Waals surface area contributed by atoms with Crippen molar-refractivity contribution in [1.82, 2.24) is 4.98 Å². The number of benzene rings is 1. The molecular formula is C12H12BrNO. The molecule has 0 aliphatic carbocycles. The lowest BCUT2D eigenvalue weighted by molar-refractivity contribution is 0.0983. The predicted octanol–water partition coefficient (Wildman–Crippen LogP) is 3.91. The third-order valence-electron chi connectivity index (χ3n) is 2.43. The first kappa shape index (κ1) is 10.4. The van der Waals surface area contributed by atoms with E-state index in [1.54, 1.807) is 6.20 Å². The molecule has 0 spiro atoms. The van der Waals surface area contributed by atoms with Crippen LogP contribution < -0.4 is 0 Å². The van der Waals surface area contributed by atoms with Crippen LogP contribution in [0.2, 0.25) is 0 Å². The van der Waals surface area contributed by atoms with Crippen LogP contribution >= 0.6 is 15.9 Å². The highest BCUT2D eigenvalue weighted by Crippen LogP contribution is 2.27. The van der Waals surface area contributed by atoms with Crippen LogP contribution in [0.15, 0.2) is 28.9 Å². The number of rotatable bonds is 3. The summed E-state index contributed by atoms with van der Waals surface area (Å²) in [4.78, 5) is 14.9. The van der Waals surface area contributed by atoms with E-state index in [0.717, 1.165) is 27.4 Å². The Morgan fingerprint density at radius 2 is 2.27 bits per heavy atom. The van der Waals surface area contributed by atoms with Crippen molar-refractivity contribution in [1.29, 1.82) is 0 Å². The Labute approximate surface area is 96.8 Å². The standard InChI is InChI=1S/C12H12BrNO/c1-2-4-11(15)8-7-14-10-6-3-5-9(13)12(8)10/h3,5-7,14H,2,4H2,1H3. The minimum absolute atomic E-state index is 0.204. The molecule has 0 bridgehead atoms. The molecule has 0 radical (unpaired) electrons. The van der Waals surface area contributed by atoms with E-state index in [1.807, 2.05) is 25.1 Å². The van der Waals surface area contributed by atoms with Gasteiger partial charge in [-0.3, -0.25) is 4.79 Å². The summed E-state index contributed by atoms with van der Waals surface area (Å²) in [7, 11) is 0. The van der Waals surface area contributed by atoms with Gasteiger partial charge in [0.15, 0.2) is 5.78 Å². The zero-order valence-corrected chi connectivity index (χ0v) is 10.1. The van der Waals surface area contributed by atoms with Gasteiger partial charge in [0.25, 0.3) is 0 Å². The molecule has 0 aliphatic heterocycles. The second-order valence-electron chi connectivity index (χ2n) is 3.54. The molecule has 0 aliphatic rings. The fraction of sp³-hybridized carbons (Fsp3) is 0.250. The normalized spacial score (nSPS) is 10.8. The van der Waals surface area contributed by atoms with Crippen molar-refractivity contribution in [2.75, 3.05) is 0 Å². The van der Waals surface area contributed by atoms with E-state index in [0.29, 0.717) is 6.42 Å². The summed E-state index contributed by atoms with van der Waals surface area (Å²) in [6.07, 6.45) is 3.29. The summed E-state index contributed by atoms with van der Waals surface area (Å²) in [5, 5.41) is 0.996. The third kappa shape index (κ3) is 1.84. The van der Waals surface area contributed by atoms with E-state index in [1.165, 1.54) is 0 Å². The highest BCUT2D eigenvalue weighted by Gasteiger charge is 2.12. The van der Waals surface area contributed by atoms with E-state index in [4.69, 9.17) is 0 Å². The van der Waals surface area contributed by atoms with Crippen molar-refractivity contribution in [3.05, 3.63) is 34.4 Å². The van der Waals surface area contributed by atoms with Gasteiger partial charge in [-0.2, -0.15) is 0 Å². The number of aromatic nitrogens is 1. The molecular weight excluding hydrogens is 254 g/mol. The Morgan fingerprint density at radius 3 is 3.00 bits per heavy atom. The second kappa shape index (κ2) is 4.19. The van der Waals surface area contributed by atoms with Crippen molar-refractivity contribution >= 4 is 32.6 Å². The zero-order chi connectivity index (χ0) is 10.8. The predicted molar refractivity (Wildman–Crippen MR) is 65.2 cm³/mol. The van der Waals surface area contributed by atoms with Crippen LogP contribution in [0.4, 0.5) is 0 Å². The molecule has 1 N–H and O–H groups in total. The number of hydrogen-bond acceptors (Lipinski definition) is 1. The number of H-pyrrole nitrogens is 1. The van der Waals surface area contributed by atoms with Gasteiger partial charge in [0.05, 0.1) is 0 Å². The molecule has 2 rings (SSSR count). The average molecular weight is 266 g/mol. The van der Waals surface area contributed by atoms with Gasteiger partial charge < -0.3 is 4.98 Å². The first-order valence-corrected chi connectivity index (χ1v) is 5.82. The third-order valence-corrected chi connectivity index (χ3v) is 3.09. The van der Waals surface area contributed by atoms with Crippen LogP contribution in [0.5, 0.6) is 0 Å². The molecule has 0 fully saturated rings. The Morgan fingerprint density at radius 1 is 1.47 bits per heavy atom. The van der Waals surface area contributed by atoms with Crippen molar-refractivity contribution in [2.24, 2.45) is 0 Å². The highest BCUT2D eigenvalue weighted by atomic mass is 79.9. The Balaban J connectivity index is 2.57. The van der Waals surface area contributed by atoms with Gasteiger partial charge in [-0.1, -0.05) is 28.9 Å². The van der Waals surface area contributed by atoms with Crippen LogP contribution in [0, 0.1) is 0 Å². The maximum absolute atomic E-state index is 11.8. The van der Waals surface area contributed by atoms with Gasteiger partial charge in [-0.15, -0.1) is 0 Å². The molecule has 3 heteroatoms. The van der Waals surface area contributed by atoms with Gasteiger partial charge in [0.2, 0.25) is 0 Å². The van der Waals surface area contributed by atoms with Crippen LogP contribution in [0.25, 0.3) is 10.9 Å². The lowest BCUT2D eigenvalue weighted by Crippen LogP contribution is -1.96. The van der Waals surface area contributed by atoms with Crippen molar-refractivity contribution < 1.29 is 4.79 Å². The Kier molecular flexibility index (Phi) is 2.91. The SMILES string of the molecule is CCCC(=O)c1c[nH]c2cccc(Br)c12. The Hall–Kier alpha value is -1.09. The van der Waals surface area contributed by atoms with E-state index in [-0.39, 0.29) is 5.78 Å². The number of ketones is 1. The highest BCUT2D eigenvalue weighted by molar-refractivity contribution is 9.10. The number of nitrogens with one attached hydrogen (secondary N) is 1. The molecule has 0 saturated heterocycles. The fourth-order valence-corrected chi connectivity index (χ4v) is 2.30. The van der Waals surface area contributed by atoms with Crippen molar-refractivity contribution in [3.63, 3.8) is 0 Å². The Bertz CT molecular complexity index is 501. The zero-order valence-electron chi connectivity index (χ0n) is 8.51. The molecule has 2 nitrogen and oxygen atoms in total. The minimum atomic E-state index is 0.204. The number of fused-ring (bicyclic) bond motifs is 1. The van der Waals surface area contributed by atoms with Crippen LogP contribution in [-0.4, -0.2) is 10.8 Å². The summed E-state index contributed by atoms with van der Waals surface area (Å²) in [5.74, 6) is 0.204. The summed E-state index contributed by atoms with van der Waals surface area (Å²) < 4.78 is 0.973. The van der Waals surface area contributed by atoms with E-state index in [9.17, 15) is 4.79 Å². The molecule has 0 amide bonds. The molecule has 15 heavy (non-hydrogen) atoms. The monoisotopic (exact) mass is 265 g/mol. The number of carbonyl (C=O) groups is 1. The molecule has 1 aromatic heterocycles. The van der Waals surface area contributed by atoms with Gasteiger partial charge in [-0.25, -0.2) is 0 Å². The number of hydrogen-bond donors (Lipinski definition) is 1. The van der Waals surface area contributed by atoms with Crippen molar-refractivity contribution in [2.45, 2.75) is 19.8 Å². The van der Waals surface area contributed by atoms with Crippen molar-refractivity contribution in [3.8, 4) is 0 Å². The van der Waals surface area contributed by atoms with Gasteiger partial charge in [0, 0.05) is 33.6 Å². The first-order valence-electron chi connectivity index (χ1n) is 5.03. The summed E-state index contributed by atoms with van der Waals surface area (Å²) in [5.41, 5.74) is 1.79. The largest absolute Gasteiger partial charge is 0.360 e.